The summed E-state index contributed by atoms with van der Waals surface area (Å²) in [5.41, 5.74) is 1.47. The zero-order valence-electron chi connectivity index (χ0n) is 18.5. The molecule has 9 heteroatoms. The van der Waals surface area contributed by atoms with E-state index in [4.69, 9.17) is 0 Å². The topological polar surface area (TPSA) is 75.2 Å². The normalized spacial score (nSPS) is 29.3. The predicted molar refractivity (Wildman–Crippen MR) is 117 cm³/mol. The van der Waals surface area contributed by atoms with Gasteiger partial charge in [0.2, 0.25) is 0 Å². The standard InChI is InChI=1S/C23H28F2N4O2S/c1-22(2)16-9-10-23(22,14-6-5-11-29(13-14)32(30,31)26-3)21-15(16)12-19(27-28-21)20-17(24)7-4-8-18(20)25/h4,7-8,12,14,16,26H,5-6,9-11,13H2,1-3H3/t14-,16-,23-/m0/s1. The van der Waals surface area contributed by atoms with E-state index in [1.807, 2.05) is 6.07 Å². The number of piperidine rings is 1. The zero-order chi connectivity index (χ0) is 22.9. The second kappa shape index (κ2) is 7.27. The van der Waals surface area contributed by atoms with Gasteiger partial charge in [0.1, 0.15) is 11.6 Å². The highest BCUT2D eigenvalue weighted by Gasteiger charge is 2.66. The number of halogens is 2. The Morgan fingerprint density at radius 1 is 1.16 bits per heavy atom. The fourth-order valence-corrected chi connectivity index (χ4v) is 7.84. The SMILES string of the molecule is CNS(=O)(=O)N1CCC[C@H]([C@@]23CC[C@@H](c4cc(-c5c(F)cccc5F)nnc42)C3(C)C)C1. The van der Waals surface area contributed by atoms with E-state index in [0.29, 0.717) is 13.1 Å². The molecule has 32 heavy (non-hydrogen) atoms. The van der Waals surface area contributed by atoms with Crippen LogP contribution < -0.4 is 4.72 Å². The minimum absolute atomic E-state index is 0.103. The molecule has 5 rings (SSSR count). The summed E-state index contributed by atoms with van der Waals surface area (Å²) in [6, 6.07) is 5.60. The van der Waals surface area contributed by atoms with Crippen molar-refractivity contribution >= 4 is 10.2 Å². The minimum Gasteiger partial charge on any atom is -0.206 e. The molecule has 1 saturated heterocycles. The first-order valence-electron chi connectivity index (χ1n) is 11.1. The van der Waals surface area contributed by atoms with Gasteiger partial charge in [-0.15, -0.1) is 0 Å². The predicted octanol–water partition coefficient (Wildman–Crippen LogP) is 3.75. The number of nitrogens with zero attached hydrogens (tertiary/aromatic N) is 3. The fourth-order valence-electron chi connectivity index (χ4n) is 6.83. The second-order valence-corrected chi connectivity index (χ2v) is 11.7. The average Bonchev–Trinajstić information content (AvgIpc) is 3.15. The van der Waals surface area contributed by atoms with Crippen molar-refractivity contribution in [2.24, 2.45) is 11.3 Å². The highest BCUT2D eigenvalue weighted by atomic mass is 32.2. The molecule has 2 bridgehead atoms. The minimum atomic E-state index is -3.51. The van der Waals surface area contributed by atoms with Crippen molar-refractivity contribution in [3.63, 3.8) is 0 Å². The maximum Gasteiger partial charge on any atom is 0.279 e. The molecule has 2 aliphatic carbocycles. The molecule has 1 saturated carbocycles. The summed E-state index contributed by atoms with van der Waals surface area (Å²) in [5, 5.41) is 8.86. The second-order valence-electron chi connectivity index (χ2n) is 9.82. The van der Waals surface area contributed by atoms with Crippen molar-refractivity contribution in [3.8, 4) is 11.3 Å². The Morgan fingerprint density at radius 3 is 2.56 bits per heavy atom. The van der Waals surface area contributed by atoms with Crippen LogP contribution in [-0.2, 0) is 15.6 Å². The lowest BCUT2D eigenvalue weighted by atomic mass is 9.59. The molecule has 0 unspecified atom stereocenters. The molecule has 2 heterocycles. The molecule has 3 aliphatic rings. The van der Waals surface area contributed by atoms with Crippen molar-refractivity contribution in [2.45, 2.75) is 50.9 Å². The molecule has 1 aromatic carbocycles. The molecule has 2 aromatic rings. The maximum atomic E-state index is 14.4. The van der Waals surface area contributed by atoms with Crippen LogP contribution in [0.15, 0.2) is 24.3 Å². The van der Waals surface area contributed by atoms with Crippen LogP contribution >= 0.6 is 0 Å². The Morgan fingerprint density at radius 2 is 1.88 bits per heavy atom. The Kier molecular flexibility index (Phi) is 4.96. The lowest BCUT2D eigenvalue weighted by molar-refractivity contribution is 0.0828. The van der Waals surface area contributed by atoms with Crippen molar-refractivity contribution in [2.75, 3.05) is 20.1 Å². The van der Waals surface area contributed by atoms with Crippen molar-refractivity contribution < 1.29 is 17.2 Å². The van der Waals surface area contributed by atoms with Crippen LogP contribution in [0.2, 0.25) is 0 Å². The van der Waals surface area contributed by atoms with Gasteiger partial charge in [-0.3, -0.25) is 0 Å². The Labute approximate surface area is 187 Å². The first-order chi connectivity index (χ1) is 15.1. The molecular formula is C23H28F2N4O2S. The monoisotopic (exact) mass is 462 g/mol. The van der Waals surface area contributed by atoms with Crippen molar-refractivity contribution in [1.82, 2.24) is 19.2 Å². The summed E-state index contributed by atoms with van der Waals surface area (Å²) in [7, 11) is -2.07. The molecule has 1 N–H and O–H groups in total. The lowest BCUT2D eigenvalue weighted by Crippen LogP contribution is -2.53. The molecule has 172 valence electrons. The van der Waals surface area contributed by atoms with Crippen LogP contribution in [0.3, 0.4) is 0 Å². The number of benzene rings is 1. The van der Waals surface area contributed by atoms with Crippen LogP contribution in [0.5, 0.6) is 0 Å². The summed E-state index contributed by atoms with van der Waals surface area (Å²) < 4.78 is 57.8. The number of rotatable bonds is 4. The van der Waals surface area contributed by atoms with Crippen molar-refractivity contribution in [3.05, 3.63) is 47.2 Å². The van der Waals surface area contributed by atoms with Gasteiger partial charge in [0.15, 0.2) is 0 Å². The average molecular weight is 463 g/mol. The van der Waals surface area contributed by atoms with Crippen LogP contribution in [0, 0.1) is 23.0 Å². The summed E-state index contributed by atoms with van der Waals surface area (Å²) >= 11 is 0. The van der Waals surface area contributed by atoms with Gasteiger partial charge in [0, 0.05) is 25.6 Å². The van der Waals surface area contributed by atoms with E-state index in [2.05, 4.69) is 28.8 Å². The molecule has 0 radical (unpaired) electrons. The first kappa shape index (κ1) is 21.9. The lowest BCUT2D eigenvalue weighted by Gasteiger charge is -2.47. The molecule has 0 spiro atoms. The van der Waals surface area contributed by atoms with Gasteiger partial charge in [-0.05, 0) is 66.7 Å². The van der Waals surface area contributed by atoms with E-state index in [1.165, 1.54) is 29.6 Å². The van der Waals surface area contributed by atoms with Gasteiger partial charge in [-0.1, -0.05) is 19.9 Å². The zero-order valence-corrected chi connectivity index (χ0v) is 19.3. The third-order valence-corrected chi connectivity index (χ3v) is 9.89. The number of fused-ring (bicyclic) bond motifs is 5. The summed E-state index contributed by atoms with van der Waals surface area (Å²) in [4.78, 5) is 0. The number of aromatic nitrogens is 2. The van der Waals surface area contributed by atoms with Gasteiger partial charge in [0.25, 0.3) is 10.2 Å². The van der Waals surface area contributed by atoms with E-state index in [1.54, 1.807) is 0 Å². The van der Waals surface area contributed by atoms with Gasteiger partial charge < -0.3 is 0 Å². The highest BCUT2D eigenvalue weighted by Crippen LogP contribution is 2.70. The maximum absolute atomic E-state index is 14.4. The number of nitrogens with one attached hydrogen (secondary N) is 1. The van der Waals surface area contributed by atoms with E-state index < -0.39 is 21.8 Å². The quantitative estimate of drug-likeness (QED) is 0.751. The summed E-state index contributed by atoms with van der Waals surface area (Å²) in [6.45, 7) is 5.39. The van der Waals surface area contributed by atoms with Crippen molar-refractivity contribution in [1.29, 1.82) is 0 Å². The fraction of sp³-hybridized carbons (Fsp3) is 0.565. The molecular weight excluding hydrogens is 434 g/mol. The van der Waals surface area contributed by atoms with E-state index in [0.717, 1.165) is 36.9 Å². The number of hydrogen-bond donors (Lipinski definition) is 1. The van der Waals surface area contributed by atoms with Gasteiger partial charge in [-0.25, -0.2) is 13.5 Å². The van der Waals surface area contributed by atoms with Gasteiger partial charge in [-0.2, -0.15) is 22.9 Å². The molecule has 1 aliphatic heterocycles. The molecule has 3 atom stereocenters. The molecule has 0 amide bonds. The Hall–Kier alpha value is -1.97. The number of hydrogen-bond acceptors (Lipinski definition) is 4. The molecule has 6 nitrogen and oxygen atoms in total. The van der Waals surface area contributed by atoms with E-state index in [-0.39, 0.29) is 33.9 Å². The van der Waals surface area contributed by atoms with Crippen LogP contribution in [0.4, 0.5) is 8.78 Å². The summed E-state index contributed by atoms with van der Waals surface area (Å²) in [6.07, 6.45) is 3.56. The van der Waals surface area contributed by atoms with Gasteiger partial charge in [0.05, 0.1) is 17.0 Å². The van der Waals surface area contributed by atoms with Crippen LogP contribution in [-0.4, -0.2) is 43.1 Å². The highest BCUT2D eigenvalue weighted by molar-refractivity contribution is 7.87. The third kappa shape index (κ3) is 2.83. The van der Waals surface area contributed by atoms with Crippen LogP contribution in [0.25, 0.3) is 11.3 Å². The third-order valence-electron chi connectivity index (χ3n) is 8.37. The molecule has 2 fully saturated rings. The first-order valence-corrected chi connectivity index (χ1v) is 12.6. The molecule has 1 aromatic heterocycles. The Balaban J connectivity index is 1.60. The summed E-state index contributed by atoms with van der Waals surface area (Å²) in [5.74, 6) is -1.02. The van der Waals surface area contributed by atoms with Gasteiger partial charge >= 0.3 is 0 Å². The Bertz CT molecular complexity index is 1170. The van der Waals surface area contributed by atoms with Crippen LogP contribution in [0.1, 0.15) is 56.7 Å². The van der Waals surface area contributed by atoms with E-state index in [9.17, 15) is 17.2 Å². The smallest absolute Gasteiger partial charge is 0.206 e. The van der Waals surface area contributed by atoms with E-state index >= 15 is 0 Å². The largest absolute Gasteiger partial charge is 0.279 e.